The molecule has 8 nitrogen and oxygen atoms in total. The molecule has 32 heavy (non-hydrogen) atoms. The summed E-state index contributed by atoms with van der Waals surface area (Å²) in [5, 5.41) is 19.3. The summed E-state index contributed by atoms with van der Waals surface area (Å²) in [4.78, 5) is 12.9. The first-order chi connectivity index (χ1) is 15.1. The number of fused-ring (bicyclic) bond motifs is 1. The van der Waals surface area contributed by atoms with Gasteiger partial charge in [-0.15, -0.1) is 11.3 Å². The first-order valence-electron chi connectivity index (χ1n) is 9.31. The lowest BCUT2D eigenvalue weighted by atomic mass is 9.98. The molecule has 11 heteroatoms. The number of nitrogens with two attached hydrogens (primary N) is 1. The highest BCUT2D eigenvalue weighted by Gasteiger charge is 2.28. The first kappa shape index (κ1) is 22.0. The van der Waals surface area contributed by atoms with E-state index in [0.29, 0.717) is 39.0 Å². The number of hydrogen-bond donors (Lipinski definition) is 2. The van der Waals surface area contributed by atoms with Crippen LogP contribution >= 0.6 is 23.1 Å². The molecule has 4 aromatic rings. The van der Waals surface area contributed by atoms with Crippen molar-refractivity contribution in [2.75, 3.05) is 5.32 Å². The number of amides is 1. The third-order valence-electron chi connectivity index (χ3n) is 5.12. The van der Waals surface area contributed by atoms with Crippen molar-refractivity contribution < 1.29 is 13.2 Å². The molecule has 0 saturated carbocycles. The Hall–Kier alpha value is -3.17. The summed E-state index contributed by atoms with van der Waals surface area (Å²) in [6.45, 7) is 5.38. The van der Waals surface area contributed by atoms with Crippen molar-refractivity contribution in [3.05, 3.63) is 56.8 Å². The molecule has 162 valence electrons. The highest BCUT2D eigenvalue weighted by Crippen LogP contribution is 2.37. The zero-order valence-corrected chi connectivity index (χ0v) is 19.7. The van der Waals surface area contributed by atoms with Crippen molar-refractivity contribution in [1.82, 2.24) is 8.75 Å². The third kappa shape index (κ3) is 3.78. The number of anilines is 1. The highest BCUT2D eigenvalue weighted by molar-refractivity contribution is 7.89. The minimum atomic E-state index is -4.22. The van der Waals surface area contributed by atoms with Crippen LogP contribution in [0.2, 0.25) is 0 Å². The van der Waals surface area contributed by atoms with Crippen molar-refractivity contribution in [2.45, 2.75) is 25.7 Å². The fourth-order valence-electron chi connectivity index (χ4n) is 3.66. The second-order valence-corrected chi connectivity index (χ2v) is 10.2. The van der Waals surface area contributed by atoms with Crippen LogP contribution in [0.1, 0.15) is 31.9 Å². The number of carbonyl (C=O) groups is 1. The molecule has 0 atom stereocenters. The van der Waals surface area contributed by atoms with E-state index in [0.717, 1.165) is 34.2 Å². The summed E-state index contributed by atoms with van der Waals surface area (Å²) < 4.78 is 33.3. The topological polar surface area (TPSA) is 139 Å². The predicted molar refractivity (Wildman–Crippen MR) is 125 cm³/mol. The van der Waals surface area contributed by atoms with Gasteiger partial charge in [0.15, 0.2) is 0 Å². The molecule has 0 aliphatic rings. The van der Waals surface area contributed by atoms with E-state index < -0.39 is 15.9 Å². The number of primary sulfonamides is 1. The van der Waals surface area contributed by atoms with Crippen LogP contribution < -0.4 is 10.5 Å². The molecule has 4 rings (SSSR count). The zero-order chi connectivity index (χ0) is 23.2. The van der Waals surface area contributed by atoms with Gasteiger partial charge in [0.2, 0.25) is 10.0 Å². The summed E-state index contributed by atoms with van der Waals surface area (Å²) in [6.07, 6.45) is 0. The number of hydrogen-bond acceptors (Lipinski definition) is 8. The second-order valence-electron chi connectivity index (χ2n) is 7.27. The van der Waals surface area contributed by atoms with E-state index >= 15 is 0 Å². The van der Waals surface area contributed by atoms with Gasteiger partial charge in [0.25, 0.3) is 5.91 Å². The zero-order valence-electron chi connectivity index (χ0n) is 17.3. The van der Waals surface area contributed by atoms with Crippen LogP contribution in [0.3, 0.4) is 0 Å². The SMILES string of the molecule is Cc1cc(C)c(NC(=O)c2scc(-c3ccc4nsnc4c3)c2S(N)(=O)=O)c(C)c1C#N. The maximum absolute atomic E-state index is 13.2. The fourth-order valence-corrected chi connectivity index (χ4v) is 6.44. The molecule has 0 bridgehead atoms. The maximum atomic E-state index is 13.2. The van der Waals surface area contributed by atoms with E-state index in [1.807, 2.05) is 13.8 Å². The molecule has 0 radical (unpaired) electrons. The Kier molecular flexibility index (Phi) is 5.56. The molecule has 0 fully saturated rings. The van der Waals surface area contributed by atoms with Crippen molar-refractivity contribution in [3.8, 4) is 17.2 Å². The van der Waals surface area contributed by atoms with E-state index in [-0.39, 0.29) is 9.77 Å². The summed E-state index contributed by atoms with van der Waals surface area (Å²) in [6, 6.07) is 9.12. The molecule has 0 saturated heterocycles. The van der Waals surface area contributed by atoms with Crippen molar-refractivity contribution in [1.29, 1.82) is 5.26 Å². The van der Waals surface area contributed by atoms with Gasteiger partial charge in [-0.2, -0.15) is 14.0 Å². The van der Waals surface area contributed by atoms with Crippen molar-refractivity contribution in [3.63, 3.8) is 0 Å². The number of benzene rings is 2. The monoisotopic (exact) mass is 483 g/mol. The van der Waals surface area contributed by atoms with Crippen LogP contribution in [0, 0.1) is 32.1 Å². The standard InChI is InChI=1S/C21H17N5O3S3/c1-10-6-11(2)18(12(3)14(10)8-22)24-21(27)19-20(32(23,28)29)15(9-30-19)13-4-5-16-17(7-13)26-31-25-16/h4-7,9H,1-3H3,(H,24,27)(H2,23,28,29). The van der Waals surface area contributed by atoms with Crippen LogP contribution in [0.5, 0.6) is 0 Å². The van der Waals surface area contributed by atoms with E-state index in [2.05, 4.69) is 20.1 Å². The molecular weight excluding hydrogens is 466 g/mol. The lowest BCUT2D eigenvalue weighted by Crippen LogP contribution is -2.20. The van der Waals surface area contributed by atoms with Crippen LogP contribution in [0.4, 0.5) is 5.69 Å². The van der Waals surface area contributed by atoms with Gasteiger partial charge in [0.05, 0.1) is 23.4 Å². The number of nitrogens with one attached hydrogen (secondary N) is 1. The highest BCUT2D eigenvalue weighted by atomic mass is 32.2. The molecule has 2 aromatic heterocycles. The van der Waals surface area contributed by atoms with Crippen molar-refractivity contribution in [2.24, 2.45) is 5.14 Å². The number of carbonyl (C=O) groups excluding carboxylic acids is 1. The quantitative estimate of drug-likeness (QED) is 0.448. The Balaban J connectivity index is 1.82. The average Bonchev–Trinajstić information content (AvgIpc) is 3.37. The average molecular weight is 484 g/mol. The van der Waals surface area contributed by atoms with E-state index in [4.69, 9.17) is 5.14 Å². The van der Waals surface area contributed by atoms with E-state index in [1.54, 1.807) is 36.6 Å². The van der Waals surface area contributed by atoms with Gasteiger partial charge in [0.1, 0.15) is 20.8 Å². The Morgan fingerprint density at radius 2 is 1.84 bits per heavy atom. The Bertz CT molecular complexity index is 1540. The van der Waals surface area contributed by atoms with Gasteiger partial charge < -0.3 is 5.32 Å². The Morgan fingerprint density at radius 1 is 1.12 bits per heavy atom. The van der Waals surface area contributed by atoms with Crippen LogP contribution in [0.25, 0.3) is 22.2 Å². The number of nitriles is 1. The molecule has 2 aromatic carbocycles. The number of rotatable bonds is 4. The summed E-state index contributed by atoms with van der Waals surface area (Å²) >= 11 is 2.04. The largest absolute Gasteiger partial charge is 0.321 e. The smallest absolute Gasteiger partial charge is 0.267 e. The molecule has 3 N–H and O–H groups in total. The Morgan fingerprint density at radius 3 is 2.53 bits per heavy atom. The Labute approximate surface area is 192 Å². The number of aryl methyl sites for hydroxylation is 2. The molecule has 0 unspecified atom stereocenters. The number of sulfonamides is 1. The number of aromatic nitrogens is 2. The molecule has 0 aliphatic heterocycles. The maximum Gasteiger partial charge on any atom is 0.267 e. The fraction of sp³-hybridized carbons (Fsp3) is 0.143. The summed E-state index contributed by atoms with van der Waals surface area (Å²) in [5.41, 5.74) is 5.35. The molecule has 2 heterocycles. The summed E-state index contributed by atoms with van der Waals surface area (Å²) in [5.74, 6) is -0.611. The number of thiophene rings is 1. The lowest BCUT2D eigenvalue weighted by molar-refractivity contribution is 0.102. The van der Waals surface area contributed by atoms with Crippen LogP contribution in [-0.4, -0.2) is 23.1 Å². The van der Waals surface area contributed by atoms with E-state index in [9.17, 15) is 18.5 Å². The molecule has 0 spiro atoms. The van der Waals surface area contributed by atoms with Crippen LogP contribution in [-0.2, 0) is 10.0 Å². The minimum absolute atomic E-state index is 0.0307. The third-order valence-corrected chi connectivity index (χ3v) is 7.78. The minimum Gasteiger partial charge on any atom is -0.321 e. The number of nitrogens with zero attached hydrogens (tertiary/aromatic N) is 3. The molecular formula is C21H17N5O3S3. The second kappa shape index (κ2) is 8.07. The van der Waals surface area contributed by atoms with Gasteiger partial charge >= 0.3 is 0 Å². The van der Waals surface area contributed by atoms with Gasteiger partial charge in [-0.3, -0.25) is 4.79 Å². The predicted octanol–water partition coefficient (Wildman–Crippen LogP) is 4.12. The van der Waals surface area contributed by atoms with Gasteiger partial charge in [-0.25, -0.2) is 13.6 Å². The van der Waals surface area contributed by atoms with Crippen molar-refractivity contribution >= 4 is 55.7 Å². The lowest BCUT2D eigenvalue weighted by Gasteiger charge is -2.15. The molecule has 0 aliphatic carbocycles. The first-order valence-corrected chi connectivity index (χ1v) is 12.5. The van der Waals surface area contributed by atoms with Crippen LogP contribution in [0.15, 0.2) is 34.5 Å². The normalized spacial score (nSPS) is 11.5. The van der Waals surface area contributed by atoms with Gasteiger partial charge in [-0.05, 0) is 55.2 Å². The summed E-state index contributed by atoms with van der Waals surface area (Å²) in [7, 11) is -4.22. The molecule has 1 amide bonds. The van der Waals surface area contributed by atoms with Gasteiger partial charge in [0, 0.05) is 16.6 Å². The van der Waals surface area contributed by atoms with E-state index in [1.165, 1.54) is 0 Å². The van der Waals surface area contributed by atoms with Gasteiger partial charge in [-0.1, -0.05) is 12.1 Å².